The first kappa shape index (κ1) is 19.0. The van der Waals surface area contributed by atoms with Crippen molar-refractivity contribution in [2.45, 2.75) is 49.3 Å². The highest BCUT2D eigenvalue weighted by Crippen LogP contribution is 2.47. The maximum absolute atomic E-state index is 14.7. The predicted molar refractivity (Wildman–Crippen MR) is 92.2 cm³/mol. The third-order valence-electron chi connectivity index (χ3n) is 5.40. The SMILES string of the molecule is COC1(C(F)(F)C(=O)N[C@@H]2Cc3ccccc3[C@H]2NC(=O)CCl)CCC1. The van der Waals surface area contributed by atoms with Gasteiger partial charge in [0.2, 0.25) is 5.91 Å². The lowest BCUT2D eigenvalue weighted by atomic mass is 9.74. The highest BCUT2D eigenvalue weighted by atomic mass is 35.5. The molecule has 0 saturated heterocycles. The molecule has 2 amide bonds. The number of ether oxygens (including phenoxy) is 1. The van der Waals surface area contributed by atoms with Gasteiger partial charge in [0, 0.05) is 7.11 Å². The topological polar surface area (TPSA) is 67.4 Å². The molecule has 1 aromatic rings. The lowest BCUT2D eigenvalue weighted by Gasteiger charge is -2.45. The Morgan fingerprint density at radius 2 is 2.00 bits per heavy atom. The fourth-order valence-corrected chi connectivity index (χ4v) is 3.81. The van der Waals surface area contributed by atoms with E-state index in [1.165, 1.54) is 7.11 Å². The van der Waals surface area contributed by atoms with Gasteiger partial charge >= 0.3 is 5.92 Å². The molecule has 1 aromatic carbocycles. The number of nitrogens with one attached hydrogen (secondary N) is 2. The first-order valence-electron chi connectivity index (χ1n) is 8.52. The summed E-state index contributed by atoms with van der Waals surface area (Å²) < 4.78 is 34.4. The number of hydrogen-bond donors (Lipinski definition) is 2. The maximum Gasteiger partial charge on any atom is 0.352 e. The van der Waals surface area contributed by atoms with E-state index in [9.17, 15) is 18.4 Å². The molecule has 2 atom stereocenters. The van der Waals surface area contributed by atoms with Gasteiger partial charge in [0.25, 0.3) is 5.91 Å². The fourth-order valence-electron chi connectivity index (χ4n) is 3.73. The molecule has 2 aliphatic carbocycles. The molecule has 0 spiro atoms. The Morgan fingerprint density at radius 1 is 1.31 bits per heavy atom. The number of hydrogen-bond acceptors (Lipinski definition) is 3. The van der Waals surface area contributed by atoms with Crippen LogP contribution < -0.4 is 10.6 Å². The third-order valence-corrected chi connectivity index (χ3v) is 5.64. The van der Waals surface area contributed by atoms with E-state index in [0.717, 1.165) is 11.1 Å². The Balaban J connectivity index is 1.79. The molecule has 0 heterocycles. The number of halogens is 3. The van der Waals surface area contributed by atoms with Gasteiger partial charge in [-0.2, -0.15) is 8.78 Å². The minimum Gasteiger partial charge on any atom is -0.371 e. The van der Waals surface area contributed by atoms with Gasteiger partial charge in [-0.15, -0.1) is 11.6 Å². The van der Waals surface area contributed by atoms with Crippen LogP contribution in [0, 0.1) is 0 Å². The van der Waals surface area contributed by atoms with E-state index >= 15 is 0 Å². The molecule has 0 unspecified atom stereocenters. The minimum atomic E-state index is -3.64. The summed E-state index contributed by atoms with van der Waals surface area (Å²) >= 11 is 5.55. The number of fused-ring (bicyclic) bond motifs is 1. The molecular weight excluding hydrogens is 366 g/mol. The zero-order chi connectivity index (χ0) is 18.9. The number of rotatable bonds is 6. The number of amides is 2. The summed E-state index contributed by atoms with van der Waals surface area (Å²) in [5.41, 5.74) is -0.0481. The number of benzene rings is 1. The van der Waals surface area contributed by atoms with Crippen molar-refractivity contribution in [3.63, 3.8) is 0 Å². The largest absolute Gasteiger partial charge is 0.371 e. The van der Waals surface area contributed by atoms with E-state index in [2.05, 4.69) is 10.6 Å². The molecule has 142 valence electrons. The van der Waals surface area contributed by atoms with E-state index in [0.29, 0.717) is 12.8 Å². The quantitative estimate of drug-likeness (QED) is 0.737. The van der Waals surface area contributed by atoms with Crippen molar-refractivity contribution in [2.24, 2.45) is 0 Å². The number of carbonyl (C=O) groups is 2. The average Bonchev–Trinajstić information content (AvgIpc) is 2.91. The molecule has 3 rings (SSSR count). The van der Waals surface area contributed by atoms with Gasteiger partial charge in [-0.05, 0) is 36.8 Å². The molecule has 2 aliphatic rings. The van der Waals surface area contributed by atoms with E-state index < -0.39 is 35.4 Å². The zero-order valence-corrected chi connectivity index (χ0v) is 15.1. The van der Waals surface area contributed by atoms with Crippen molar-refractivity contribution in [1.29, 1.82) is 0 Å². The van der Waals surface area contributed by atoms with Crippen LogP contribution in [-0.4, -0.2) is 42.4 Å². The number of carbonyl (C=O) groups excluding carboxylic acids is 2. The van der Waals surface area contributed by atoms with Crippen molar-refractivity contribution in [2.75, 3.05) is 13.0 Å². The molecule has 8 heteroatoms. The van der Waals surface area contributed by atoms with Crippen LogP contribution >= 0.6 is 11.6 Å². The fraction of sp³-hybridized carbons (Fsp3) is 0.556. The summed E-state index contributed by atoms with van der Waals surface area (Å²) in [6.45, 7) is 0. The van der Waals surface area contributed by atoms with Crippen LogP contribution in [0.15, 0.2) is 24.3 Å². The van der Waals surface area contributed by atoms with Crippen molar-refractivity contribution >= 4 is 23.4 Å². The summed E-state index contributed by atoms with van der Waals surface area (Å²) in [7, 11) is 1.20. The number of alkyl halides is 3. The molecular formula is C18H21ClF2N2O3. The summed E-state index contributed by atoms with van der Waals surface area (Å²) in [5.74, 6) is -5.69. The van der Waals surface area contributed by atoms with Crippen LogP contribution in [0.25, 0.3) is 0 Å². The highest BCUT2D eigenvalue weighted by molar-refractivity contribution is 6.27. The Labute approximate surface area is 155 Å². The molecule has 0 bridgehead atoms. The zero-order valence-electron chi connectivity index (χ0n) is 14.4. The molecule has 2 N–H and O–H groups in total. The molecule has 1 saturated carbocycles. The lowest BCUT2D eigenvalue weighted by Crippen LogP contribution is -2.63. The van der Waals surface area contributed by atoms with Gasteiger partial charge in [0.15, 0.2) is 0 Å². The summed E-state index contributed by atoms with van der Waals surface area (Å²) in [5, 5.41) is 5.14. The minimum absolute atomic E-state index is 0.140. The molecule has 5 nitrogen and oxygen atoms in total. The van der Waals surface area contributed by atoms with Crippen LogP contribution in [0.3, 0.4) is 0 Å². The molecule has 0 radical (unpaired) electrons. The lowest BCUT2D eigenvalue weighted by molar-refractivity contribution is -0.228. The van der Waals surface area contributed by atoms with Gasteiger partial charge in [-0.1, -0.05) is 24.3 Å². The second-order valence-electron chi connectivity index (χ2n) is 6.79. The summed E-state index contributed by atoms with van der Waals surface area (Å²) in [6, 6.07) is 6.01. The molecule has 1 fully saturated rings. The van der Waals surface area contributed by atoms with Crippen LogP contribution in [-0.2, 0) is 20.7 Å². The van der Waals surface area contributed by atoms with Gasteiger partial charge in [-0.25, -0.2) is 0 Å². The Morgan fingerprint density at radius 3 is 2.58 bits per heavy atom. The van der Waals surface area contributed by atoms with Gasteiger partial charge in [-0.3, -0.25) is 9.59 Å². The first-order chi connectivity index (χ1) is 12.3. The summed E-state index contributed by atoms with van der Waals surface area (Å²) in [4.78, 5) is 24.1. The monoisotopic (exact) mass is 386 g/mol. The van der Waals surface area contributed by atoms with Crippen molar-refractivity contribution in [3.8, 4) is 0 Å². The first-order valence-corrected chi connectivity index (χ1v) is 9.05. The van der Waals surface area contributed by atoms with Crippen LogP contribution in [0.2, 0.25) is 0 Å². The standard InChI is InChI=1S/C18H21ClF2N2O3/c1-26-17(7-4-8-17)18(20,21)16(25)22-13-9-11-5-2-3-6-12(11)15(13)23-14(24)10-19/h2-3,5-6,13,15H,4,7-10H2,1H3,(H,22,25)(H,23,24)/t13-,15-/m1/s1. The van der Waals surface area contributed by atoms with Gasteiger partial charge in [0.1, 0.15) is 11.5 Å². The second-order valence-corrected chi connectivity index (χ2v) is 7.06. The van der Waals surface area contributed by atoms with Crippen molar-refractivity contribution in [1.82, 2.24) is 10.6 Å². The molecule has 0 aliphatic heterocycles. The van der Waals surface area contributed by atoms with E-state index in [1.54, 1.807) is 12.1 Å². The Bertz CT molecular complexity index is 704. The number of methoxy groups -OCH3 is 1. The second kappa shape index (κ2) is 7.12. The summed E-state index contributed by atoms with van der Waals surface area (Å²) in [6.07, 6.45) is 1.23. The van der Waals surface area contributed by atoms with Gasteiger partial charge in [0.05, 0.1) is 12.1 Å². The van der Waals surface area contributed by atoms with Crippen molar-refractivity contribution in [3.05, 3.63) is 35.4 Å². The van der Waals surface area contributed by atoms with Crippen LogP contribution in [0.4, 0.5) is 8.78 Å². The van der Waals surface area contributed by atoms with E-state index in [1.807, 2.05) is 12.1 Å². The highest BCUT2D eigenvalue weighted by Gasteiger charge is 2.63. The van der Waals surface area contributed by atoms with Crippen LogP contribution in [0.5, 0.6) is 0 Å². The van der Waals surface area contributed by atoms with Gasteiger partial charge < -0.3 is 15.4 Å². The average molecular weight is 387 g/mol. The third kappa shape index (κ3) is 3.07. The van der Waals surface area contributed by atoms with E-state index in [4.69, 9.17) is 16.3 Å². The molecule has 0 aromatic heterocycles. The normalized spacial score (nSPS) is 23.7. The maximum atomic E-state index is 14.7. The smallest absolute Gasteiger partial charge is 0.352 e. The van der Waals surface area contributed by atoms with Crippen molar-refractivity contribution < 1.29 is 23.1 Å². The van der Waals surface area contributed by atoms with E-state index in [-0.39, 0.29) is 18.7 Å². The molecule has 26 heavy (non-hydrogen) atoms. The Hall–Kier alpha value is -1.73. The Kier molecular flexibility index (Phi) is 5.21. The predicted octanol–water partition coefficient (Wildman–Crippen LogP) is 2.33. The van der Waals surface area contributed by atoms with Crippen LogP contribution in [0.1, 0.15) is 36.4 Å².